The van der Waals surface area contributed by atoms with Gasteiger partial charge in [0.2, 0.25) is 16.8 Å². The summed E-state index contributed by atoms with van der Waals surface area (Å²) < 4.78 is 41.1. The van der Waals surface area contributed by atoms with E-state index < -0.39 is 40.3 Å². The van der Waals surface area contributed by atoms with Gasteiger partial charge in [-0.15, -0.1) is 0 Å². The van der Waals surface area contributed by atoms with Crippen molar-refractivity contribution in [2.45, 2.75) is 38.2 Å². The number of carbonyl (C=O) groups excluding carboxylic acids is 2. The molecule has 0 saturated heterocycles. The minimum atomic E-state index is -3.84. The predicted molar refractivity (Wildman–Crippen MR) is 102 cm³/mol. The van der Waals surface area contributed by atoms with Gasteiger partial charge in [0.15, 0.2) is 6.10 Å². The zero-order chi connectivity index (χ0) is 21.4. The van der Waals surface area contributed by atoms with Gasteiger partial charge in [0, 0.05) is 26.1 Å². The summed E-state index contributed by atoms with van der Waals surface area (Å²) in [5.41, 5.74) is -0.325. The second-order valence-corrected chi connectivity index (χ2v) is 10.2. The first-order valence-electron chi connectivity index (χ1n) is 8.20. The standard InChI is InChI=1S/C17H21Cl2NO7S/c1-17(2,3)16(22)26-8-25-15(21)10-6-9-7-11(28(23,24)20(4)5)12(18)13(19)14(9)27-10/h7,10H,6,8H2,1-5H3. The van der Waals surface area contributed by atoms with Gasteiger partial charge in [0.05, 0.1) is 10.4 Å². The Labute approximate surface area is 173 Å². The molecule has 1 aromatic carbocycles. The maximum Gasteiger partial charge on any atom is 0.350 e. The summed E-state index contributed by atoms with van der Waals surface area (Å²) in [6.45, 7) is 4.44. The van der Waals surface area contributed by atoms with Gasteiger partial charge < -0.3 is 14.2 Å². The zero-order valence-electron chi connectivity index (χ0n) is 16.0. The Bertz CT molecular complexity index is 907. The van der Waals surface area contributed by atoms with Crippen LogP contribution in [0.4, 0.5) is 0 Å². The molecule has 0 aromatic heterocycles. The Morgan fingerprint density at radius 1 is 1.21 bits per heavy atom. The van der Waals surface area contributed by atoms with Crippen molar-refractivity contribution >= 4 is 45.2 Å². The number of hydrogen-bond acceptors (Lipinski definition) is 7. The molecule has 0 amide bonds. The molecule has 28 heavy (non-hydrogen) atoms. The van der Waals surface area contributed by atoms with Crippen LogP contribution in [0.2, 0.25) is 10.0 Å². The molecule has 1 heterocycles. The Hall–Kier alpha value is -1.55. The lowest BCUT2D eigenvalue weighted by molar-refractivity contribution is -0.176. The molecule has 0 radical (unpaired) electrons. The van der Waals surface area contributed by atoms with Crippen molar-refractivity contribution in [3.63, 3.8) is 0 Å². The maximum atomic E-state index is 12.4. The molecule has 0 fully saturated rings. The van der Waals surface area contributed by atoms with Gasteiger partial charge in [0.1, 0.15) is 15.7 Å². The lowest BCUT2D eigenvalue weighted by Crippen LogP contribution is -2.30. The quantitative estimate of drug-likeness (QED) is 0.498. The molecular weight excluding hydrogens is 433 g/mol. The number of halogens is 2. The Morgan fingerprint density at radius 3 is 2.36 bits per heavy atom. The molecule has 1 aliphatic heterocycles. The molecule has 0 saturated carbocycles. The van der Waals surface area contributed by atoms with E-state index in [1.165, 1.54) is 20.2 Å². The predicted octanol–water partition coefficient (Wildman–Crippen LogP) is 2.64. The molecule has 0 aliphatic carbocycles. The van der Waals surface area contributed by atoms with Crippen molar-refractivity contribution < 1.29 is 32.2 Å². The van der Waals surface area contributed by atoms with Crippen LogP contribution >= 0.6 is 23.2 Å². The largest absolute Gasteiger partial charge is 0.476 e. The van der Waals surface area contributed by atoms with Gasteiger partial charge in [-0.25, -0.2) is 17.5 Å². The van der Waals surface area contributed by atoms with Gasteiger partial charge in [-0.3, -0.25) is 4.79 Å². The van der Waals surface area contributed by atoms with Crippen molar-refractivity contribution in [1.82, 2.24) is 4.31 Å². The minimum Gasteiger partial charge on any atom is -0.476 e. The lowest BCUT2D eigenvalue weighted by Gasteiger charge is -2.17. The SMILES string of the molecule is CN(C)S(=O)(=O)c1cc2c(c(Cl)c1Cl)OC(C(=O)OCOC(=O)C(C)(C)C)C2. The van der Waals surface area contributed by atoms with Gasteiger partial charge in [-0.05, 0) is 26.8 Å². The number of nitrogens with zero attached hydrogens (tertiary/aromatic N) is 1. The maximum absolute atomic E-state index is 12.4. The number of fused-ring (bicyclic) bond motifs is 1. The molecule has 1 aromatic rings. The monoisotopic (exact) mass is 453 g/mol. The first-order chi connectivity index (χ1) is 12.8. The fourth-order valence-electron chi connectivity index (χ4n) is 2.27. The highest BCUT2D eigenvalue weighted by atomic mass is 35.5. The summed E-state index contributed by atoms with van der Waals surface area (Å²) in [4.78, 5) is 23.7. The average Bonchev–Trinajstić information content (AvgIpc) is 3.01. The number of sulfonamides is 1. The fourth-order valence-corrected chi connectivity index (χ4v) is 4.03. The number of benzene rings is 1. The molecule has 2 rings (SSSR count). The zero-order valence-corrected chi connectivity index (χ0v) is 18.4. The van der Waals surface area contributed by atoms with Crippen LogP contribution in [-0.4, -0.2) is 51.7 Å². The van der Waals surface area contributed by atoms with Crippen LogP contribution in [0.15, 0.2) is 11.0 Å². The van der Waals surface area contributed by atoms with Crippen LogP contribution in [0.5, 0.6) is 5.75 Å². The molecule has 156 valence electrons. The van der Waals surface area contributed by atoms with Crippen LogP contribution in [0, 0.1) is 5.41 Å². The first kappa shape index (κ1) is 22.7. The summed E-state index contributed by atoms with van der Waals surface area (Å²) in [6, 6.07) is 1.33. The second-order valence-electron chi connectivity index (χ2n) is 7.35. The van der Waals surface area contributed by atoms with Crippen LogP contribution in [-0.2, 0) is 35.5 Å². The summed E-state index contributed by atoms with van der Waals surface area (Å²) >= 11 is 12.3. The summed E-state index contributed by atoms with van der Waals surface area (Å²) in [6.07, 6.45) is -1.02. The number of rotatable bonds is 5. The minimum absolute atomic E-state index is 0.0359. The van der Waals surface area contributed by atoms with E-state index in [4.69, 9.17) is 37.4 Å². The summed E-state index contributed by atoms with van der Waals surface area (Å²) in [5, 5.41) is -0.295. The molecule has 11 heteroatoms. The van der Waals surface area contributed by atoms with Crippen molar-refractivity contribution in [2.24, 2.45) is 5.41 Å². The number of esters is 2. The number of hydrogen-bond donors (Lipinski definition) is 0. The Balaban J connectivity index is 2.14. The molecule has 0 spiro atoms. The van der Waals surface area contributed by atoms with Crippen molar-refractivity contribution in [3.8, 4) is 5.75 Å². The van der Waals surface area contributed by atoms with E-state index in [0.717, 1.165) is 4.31 Å². The summed E-state index contributed by atoms with van der Waals surface area (Å²) in [7, 11) is -1.11. The molecule has 0 bridgehead atoms. The van der Waals surface area contributed by atoms with Crippen LogP contribution in [0.3, 0.4) is 0 Å². The Kier molecular flexibility index (Phi) is 6.54. The van der Waals surface area contributed by atoms with Gasteiger partial charge in [-0.2, -0.15) is 0 Å². The van der Waals surface area contributed by atoms with Crippen molar-refractivity contribution in [1.29, 1.82) is 0 Å². The normalized spacial score (nSPS) is 16.5. The summed E-state index contributed by atoms with van der Waals surface area (Å²) in [5.74, 6) is -1.18. The van der Waals surface area contributed by atoms with E-state index in [1.54, 1.807) is 20.8 Å². The molecule has 1 aliphatic rings. The number of ether oxygens (including phenoxy) is 3. The highest BCUT2D eigenvalue weighted by molar-refractivity contribution is 7.89. The van der Waals surface area contributed by atoms with Gasteiger partial charge in [-0.1, -0.05) is 23.2 Å². The van der Waals surface area contributed by atoms with E-state index in [2.05, 4.69) is 0 Å². The topological polar surface area (TPSA) is 99.2 Å². The van der Waals surface area contributed by atoms with Crippen LogP contribution < -0.4 is 4.74 Å². The smallest absolute Gasteiger partial charge is 0.350 e. The van der Waals surface area contributed by atoms with E-state index in [0.29, 0.717) is 5.56 Å². The lowest BCUT2D eigenvalue weighted by atomic mass is 9.98. The first-order valence-corrected chi connectivity index (χ1v) is 10.4. The molecule has 1 atom stereocenters. The third-order valence-electron chi connectivity index (χ3n) is 3.90. The highest BCUT2D eigenvalue weighted by Crippen LogP contribution is 2.44. The highest BCUT2D eigenvalue weighted by Gasteiger charge is 2.36. The number of carbonyl (C=O) groups is 2. The molecule has 8 nitrogen and oxygen atoms in total. The van der Waals surface area contributed by atoms with E-state index in [1.807, 2.05) is 0 Å². The van der Waals surface area contributed by atoms with E-state index in [9.17, 15) is 18.0 Å². The molecule has 1 unspecified atom stereocenters. The third-order valence-corrected chi connectivity index (χ3v) is 6.70. The van der Waals surface area contributed by atoms with Gasteiger partial charge >= 0.3 is 11.9 Å². The Morgan fingerprint density at radius 2 is 1.82 bits per heavy atom. The van der Waals surface area contributed by atoms with Gasteiger partial charge in [0.25, 0.3) is 0 Å². The average molecular weight is 454 g/mol. The second kappa shape index (κ2) is 8.06. The van der Waals surface area contributed by atoms with Crippen molar-refractivity contribution in [2.75, 3.05) is 20.9 Å². The van der Waals surface area contributed by atoms with Crippen molar-refractivity contribution in [3.05, 3.63) is 21.7 Å². The molecule has 0 N–H and O–H groups in total. The van der Waals surface area contributed by atoms with Crippen LogP contribution in [0.1, 0.15) is 26.3 Å². The van der Waals surface area contributed by atoms with E-state index >= 15 is 0 Å². The third kappa shape index (κ3) is 4.53. The molecular formula is C17H21Cl2NO7S. The van der Waals surface area contributed by atoms with Crippen LogP contribution in [0.25, 0.3) is 0 Å². The fraction of sp³-hybridized carbons (Fsp3) is 0.529. The van der Waals surface area contributed by atoms with E-state index in [-0.39, 0.29) is 27.1 Å².